The first-order valence-corrected chi connectivity index (χ1v) is 14.6. The highest BCUT2D eigenvalue weighted by Crippen LogP contribution is 2.26. The average molecular weight is 589 g/mol. The van der Waals surface area contributed by atoms with Crippen LogP contribution >= 0.6 is 0 Å². The fraction of sp³-hybridized carbons (Fsp3) is 0.645. The van der Waals surface area contributed by atoms with Gasteiger partial charge in [-0.15, -0.1) is 0 Å². The molecular formula is C31H48N4O7. The van der Waals surface area contributed by atoms with Gasteiger partial charge in [-0.1, -0.05) is 65.0 Å². The lowest BCUT2D eigenvalue weighted by atomic mass is 9.85. The Hall–Kier alpha value is -3.63. The van der Waals surface area contributed by atoms with Crippen LogP contribution in [0.5, 0.6) is 0 Å². The average Bonchev–Trinajstić information content (AvgIpc) is 3.37. The first-order chi connectivity index (χ1) is 19.5. The molecule has 1 aliphatic rings. The third-order valence-corrected chi connectivity index (χ3v) is 6.59. The van der Waals surface area contributed by atoms with Gasteiger partial charge in [-0.3, -0.25) is 14.4 Å². The molecule has 0 unspecified atom stereocenters. The zero-order chi connectivity index (χ0) is 31.7. The molecule has 4 amide bonds. The van der Waals surface area contributed by atoms with E-state index in [9.17, 15) is 24.0 Å². The number of rotatable bonds is 11. The topological polar surface area (TPSA) is 143 Å². The summed E-state index contributed by atoms with van der Waals surface area (Å²) in [4.78, 5) is 66.1. The highest BCUT2D eigenvalue weighted by molar-refractivity contribution is 5.94. The number of alkyl carbamates (subject to hydrolysis) is 1. The Balaban J connectivity index is 1.99. The lowest BCUT2D eigenvalue weighted by Crippen LogP contribution is -2.58. The maximum atomic E-state index is 13.6. The van der Waals surface area contributed by atoms with E-state index in [2.05, 4.69) is 16.0 Å². The van der Waals surface area contributed by atoms with Crippen molar-refractivity contribution in [3.05, 3.63) is 35.9 Å². The second-order valence-corrected chi connectivity index (χ2v) is 13.2. The molecule has 1 aromatic rings. The Labute approximate surface area is 249 Å². The largest absolute Gasteiger partial charge is 0.459 e. The van der Waals surface area contributed by atoms with Crippen molar-refractivity contribution in [3.63, 3.8) is 0 Å². The molecule has 234 valence electrons. The van der Waals surface area contributed by atoms with E-state index < -0.39 is 58.9 Å². The number of likely N-dealkylation sites (tertiary alicyclic amines) is 1. The number of carbonyl (C=O) groups is 5. The number of nitrogens with zero attached hydrogens (tertiary/aromatic N) is 1. The van der Waals surface area contributed by atoms with Crippen LogP contribution in [0.1, 0.15) is 80.2 Å². The maximum absolute atomic E-state index is 13.6. The third kappa shape index (κ3) is 11.3. The van der Waals surface area contributed by atoms with Gasteiger partial charge in [-0.2, -0.15) is 0 Å². The summed E-state index contributed by atoms with van der Waals surface area (Å²) in [7, 11) is 0. The number of esters is 1. The van der Waals surface area contributed by atoms with Crippen LogP contribution in [0.4, 0.5) is 4.79 Å². The minimum atomic E-state index is -0.928. The fourth-order valence-electron chi connectivity index (χ4n) is 4.59. The first-order valence-electron chi connectivity index (χ1n) is 14.6. The van der Waals surface area contributed by atoms with E-state index >= 15 is 0 Å². The fourth-order valence-corrected chi connectivity index (χ4v) is 4.59. The zero-order valence-corrected chi connectivity index (χ0v) is 26.2. The number of amides is 4. The molecule has 2 rings (SSSR count). The van der Waals surface area contributed by atoms with Crippen LogP contribution in [0.25, 0.3) is 0 Å². The number of hydrogen-bond acceptors (Lipinski definition) is 7. The van der Waals surface area contributed by atoms with E-state index in [1.54, 1.807) is 20.8 Å². The molecule has 42 heavy (non-hydrogen) atoms. The van der Waals surface area contributed by atoms with Gasteiger partial charge in [-0.05, 0) is 56.9 Å². The quantitative estimate of drug-likeness (QED) is 0.337. The monoisotopic (exact) mass is 588 g/mol. The maximum Gasteiger partial charge on any atom is 0.408 e. The molecule has 0 radical (unpaired) electrons. The van der Waals surface area contributed by atoms with E-state index in [1.807, 2.05) is 65.0 Å². The van der Waals surface area contributed by atoms with E-state index in [0.717, 1.165) is 5.56 Å². The van der Waals surface area contributed by atoms with Crippen molar-refractivity contribution in [2.45, 2.75) is 105 Å². The lowest BCUT2D eigenvalue weighted by Gasteiger charge is -2.35. The molecule has 1 heterocycles. The van der Waals surface area contributed by atoms with Crippen molar-refractivity contribution in [2.75, 3.05) is 13.1 Å². The Kier molecular flexibility index (Phi) is 12.4. The predicted octanol–water partition coefficient (Wildman–Crippen LogP) is 3.31. The minimum Gasteiger partial charge on any atom is -0.459 e. The smallest absolute Gasteiger partial charge is 0.408 e. The van der Waals surface area contributed by atoms with Gasteiger partial charge in [0, 0.05) is 6.54 Å². The second kappa shape index (κ2) is 15.0. The van der Waals surface area contributed by atoms with Crippen LogP contribution in [0.15, 0.2) is 30.3 Å². The Morgan fingerprint density at radius 3 is 2.19 bits per heavy atom. The van der Waals surface area contributed by atoms with Gasteiger partial charge < -0.3 is 30.3 Å². The molecule has 1 aliphatic heterocycles. The van der Waals surface area contributed by atoms with Crippen LogP contribution in [0.3, 0.4) is 0 Å². The van der Waals surface area contributed by atoms with Crippen LogP contribution in [-0.2, 0) is 35.3 Å². The van der Waals surface area contributed by atoms with Crippen LogP contribution in [0.2, 0.25) is 0 Å². The van der Waals surface area contributed by atoms with Gasteiger partial charge >= 0.3 is 12.1 Å². The SMILES string of the molecule is CC(C)C[C@@H](NC(=O)CNC(=O)[C@@H]1CCCN1C(=O)[C@H](NC(=O)OC(C)(C)C)C(C)(C)C)C(=O)OCc1ccccc1. The molecule has 11 heteroatoms. The second-order valence-electron chi connectivity index (χ2n) is 13.2. The van der Waals surface area contributed by atoms with Crippen molar-refractivity contribution in [1.82, 2.24) is 20.9 Å². The highest BCUT2D eigenvalue weighted by atomic mass is 16.6. The number of ether oxygens (including phenoxy) is 2. The van der Waals surface area contributed by atoms with Crippen molar-refractivity contribution in [2.24, 2.45) is 11.3 Å². The summed E-state index contributed by atoms with van der Waals surface area (Å²) in [6.45, 7) is 14.6. The third-order valence-electron chi connectivity index (χ3n) is 6.59. The molecular weight excluding hydrogens is 540 g/mol. The molecule has 1 fully saturated rings. The summed E-state index contributed by atoms with van der Waals surface area (Å²) >= 11 is 0. The van der Waals surface area contributed by atoms with E-state index in [1.165, 1.54) is 4.90 Å². The van der Waals surface area contributed by atoms with Crippen LogP contribution < -0.4 is 16.0 Å². The molecule has 0 bridgehead atoms. The highest BCUT2D eigenvalue weighted by Gasteiger charge is 2.42. The van der Waals surface area contributed by atoms with Gasteiger partial charge in [0.1, 0.15) is 30.3 Å². The molecule has 0 aromatic heterocycles. The number of hydrogen-bond donors (Lipinski definition) is 3. The van der Waals surface area contributed by atoms with Crippen LogP contribution in [0, 0.1) is 11.3 Å². The van der Waals surface area contributed by atoms with E-state index in [4.69, 9.17) is 9.47 Å². The molecule has 1 aromatic carbocycles. The number of nitrogens with one attached hydrogen (secondary N) is 3. The molecule has 11 nitrogen and oxygen atoms in total. The molecule has 3 atom stereocenters. The summed E-state index contributed by atoms with van der Waals surface area (Å²) in [5.74, 6) is -1.86. The predicted molar refractivity (Wildman–Crippen MR) is 158 cm³/mol. The summed E-state index contributed by atoms with van der Waals surface area (Å²) in [6.07, 6.45) is 0.676. The normalized spacial score (nSPS) is 16.8. The summed E-state index contributed by atoms with van der Waals surface area (Å²) in [5.41, 5.74) is -0.560. The van der Waals surface area contributed by atoms with E-state index in [-0.39, 0.29) is 19.1 Å². The van der Waals surface area contributed by atoms with Gasteiger partial charge in [-0.25, -0.2) is 9.59 Å². The summed E-state index contributed by atoms with van der Waals surface area (Å²) < 4.78 is 10.8. The van der Waals surface area contributed by atoms with Gasteiger partial charge in [0.25, 0.3) is 0 Å². The standard InChI is InChI=1S/C31H48N4O7/c1-20(2)17-22(28(39)41-19-21-13-10-9-11-14-21)33-24(36)18-32-26(37)23-15-12-16-35(23)27(38)25(30(3,4)5)34-29(40)42-31(6,7)8/h9-11,13-14,20,22-23,25H,12,15-19H2,1-8H3,(H,32,37)(H,33,36)(H,34,40)/t22-,23+,25+/m1/s1. The van der Waals surface area contributed by atoms with Gasteiger partial charge in [0.15, 0.2) is 0 Å². The van der Waals surface area contributed by atoms with Crippen molar-refractivity contribution < 1.29 is 33.4 Å². The molecule has 3 N–H and O–H groups in total. The molecule has 0 saturated carbocycles. The molecule has 0 aliphatic carbocycles. The summed E-state index contributed by atoms with van der Waals surface area (Å²) in [5, 5.41) is 7.95. The van der Waals surface area contributed by atoms with Gasteiger partial charge in [0.05, 0.1) is 6.54 Å². The number of benzene rings is 1. The van der Waals surface area contributed by atoms with Crippen molar-refractivity contribution >= 4 is 29.8 Å². The van der Waals surface area contributed by atoms with Crippen molar-refractivity contribution in [1.29, 1.82) is 0 Å². The summed E-state index contributed by atoms with van der Waals surface area (Å²) in [6, 6.07) is 6.65. The Bertz CT molecular complexity index is 1090. The van der Waals surface area contributed by atoms with Gasteiger partial charge in [0.2, 0.25) is 17.7 Å². The Morgan fingerprint density at radius 1 is 0.976 bits per heavy atom. The van der Waals surface area contributed by atoms with Crippen LogP contribution in [-0.4, -0.2) is 71.5 Å². The molecule has 1 saturated heterocycles. The van der Waals surface area contributed by atoms with Crippen molar-refractivity contribution in [3.8, 4) is 0 Å². The minimum absolute atomic E-state index is 0.0881. The Morgan fingerprint density at radius 2 is 1.62 bits per heavy atom. The number of carbonyl (C=O) groups excluding carboxylic acids is 5. The lowest BCUT2D eigenvalue weighted by molar-refractivity contribution is -0.149. The zero-order valence-electron chi connectivity index (χ0n) is 26.2. The molecule has 0 spiro atoms. The first kappa shape index (κ1) is 34.6. The van der Waals surface area contributed by atoms with E-state index in [0.29, 0.717) is 25.8 Å².